The fraction of sp³-hybridized carbons (Fsp3) is 0.267. The van der Waals surface area contributed by atoms with Crippen LogP contribution in [0.1, 0.15) is 39.0 Å². The molecular formula is C15H16N4O5. The van der Waals surface area contributed by atoms with Crippen LogP contribution in [0.15, 0.2) is 18.3 Å². The molecule has 0 aliphatic carbocycles. The SMILES string of the molecule is COC(=O)c1c(C(C)=O)c(C)n(Nc2ncccc2[N+](=O)[O-])c1C. The molecule has 0 atom stereocenters. The summed E-state index contributed by atoms with van der Waals surface area (Å²) in [6.45, 7) is 4.56. The van der Waals surface area contributed by atoms with Gasteiger partial charge in [0.1, 0.15) is 0 Å². The molecule has 0 aliphatic heterocycles. The molecule has 1 N–H and O–H groups in total. The van der Waals surface area contributed by atoms with Crippen LogP contribution < -0.4 is 5.43 Å². The molecular weight excluding hydrogens is 316 g/mol. The van der Waals surface area contributed by atoms with Crippen molar-refractivity contribution in [3.8, 4) is 0 Å². The van der Waals surface area contributed by atoms with Crippen molar-refractivity contribution < 1.29 is 19.2 Å². The second-order valence-corrected chi connectivity index (χ2v) is 5.04. The van der Waals surface area contributed by atoms with Crippen molar-refractivity contribution in [2.45, 2.75) is 20.8 Å². The minimum atomic E-state index is -0.656. The number of anilines is 1. The van der Waals surface area contributed by atoms with E-state index in [1.807, 2.05) is 0 Å². The van der Waals surface area contributed by atoms with E-state index in [-0.39, 0.29) is 28.4 Å². The Morgan fingerprint density at radius 1 is 1.29 bits per heavy atom. The Kier molecular flexibility index (Phi) is 4.63. The van der Waals surface area contributed by atoms with Crippen molar-refractivity contribution >= 4 is 23.3 Å². The first-order valence-electron chi connectivity index (χ1n) is 6.97. The number of methoxy groups -OCH3 is 1. The highest BCUT2D eigenvalue weighted by molar-refractivity contribution is 6.07. The standard InChI is InChI=1S/C15H16N4O5/c1-8-12(10(3)20)13(15(21)24-4)9(2)18(8)17-14-11(19(22)23)6-5-7-16-14/h5-7H,1-4H3,(H,16,17). The van der Waals surface area contributed by atoms with Gasteiger partial charge >= 0.3 is 11.7 Å². The fourth-order valence-electron chi connectivity index (χ4n) is 2.52. The lowest BCUT2D eigenvalue weighted by molar-refractivity contribution is -0.384. The zero-order valence-electron chi connectivity index (χ0n) is 13.6. The van der Waals surface area contributed by atoms with Crippen LogP contribution in [0.3, 0.4) is 0 Å². The van der Waals surface area contributed by atoms with E-state index in [9.17, 15) is 19.7 Å². The van der Waals surface area contributed by atoms with E-state index in [0.29, 0.717) is 11.4 Å². The number of ketones is 1. The van der Waals surface area contributed by atoms with Gasteiger partial charge in [-0.3, -0.25) is 25.0 Å². The number of carbonyl (C=O) groups is 2. The number of nitro groups is 1. The van der Waals surface area contributed by atoms with Crippen molar-refractivity contribution in [1.29, 1.82) is 0 Å². The maximum absolute atomic E-state index is 12.0. The van der Waals surface area contributed by atoms with Crippen LogP contribution in [0.5, 0.6) is 0 Å². The highest BCUT2D eigenvalue weighted by Gasteiger charge is 2.27. The third-order valence-corrected chi connectivity index (χ3v) is 3.59. The predicted octanol–water partition coefficient (Wildman–Crippen LogP) is 2.27. The molecule has 0 amide bonds. The molecule has 2 aromatic heterocycles. The van der Waals surface area contributed by atoms with Crippen LogP contribution in [0.25, 0.3) is 0 Å². The maximum atomic E-state index is 12.0. The molecule has 0 unspecified atom stereocenters. The average molecular weight is 332 g/mol. The van der Waals surface area contributed by atoms with Crippen molar-refractivity contribution in [2.24, 2.45) is 0 Å². The third kappa shape index (κ3) is 2.83. The number of esters is 1. The monoisotopic (exact) mass is 332 g/mol. The van der Waals surface area contributed by atoms with E-state index < -0.39 is 10.9 Å². The molecule has 9 heteroatoms. The van der Waals surface area contributed by atoms with Crippen molar-refractivity contribution in [1.82, 2.24) is 9.66 Å². The number of hydrogen-bond donors (Lipinski definition) is 1. The van der Waals surface area contributed by atoms with Gasteiger partial charge in [-0.25, -0.2) is 9.78 Å². The summed E-state index contributed by atoms with van der Waals surface area (Å²) in [4.78, 5) is 38.4. The summed E-state index contributed by atoms with van der Waals surface area (Å²) in [5.74, 6) is -0.973. The van der Waals surface area contributed by atoms with Gasteiger partial charge in [0.15, 0.2) is 5.78 Å². The molecule has 0 bridgehead atoms. The second kappa shape index (κ2) is 6.49. The number of pyridine rings is 1. The summed E-state index contributed by atoms with van der Waals surface area (Å²) in [5.41, 5.74) is 3.70. The average Bonchev–Trinajstić information content (AvgIpc) is 2.79. The number of ether oxygens (including phenoxy) is 1. The van der Waals surface area contributed by atoms with E-state index in [0.717, 1.165) is 0 Å². The first-order valence-corrected chi connectivity index (χ1v) is 6.97. The molecule has 9 nitrogen and oxygen atoms in total. The number of Topliss-reactive ketones (excluding diaryl/α,β-unsaturated/α-hetero) is 1. The highest BCUT2D eigenvalue weighted by atomic mass is 16.6. The van der Waals surface area contributed by atoms with Crippen LogP contribution in [0, 0.1) is 24.0 Å². The number of nitrogens with one attached hydrogen (secondary N) is 1. The highest BCUT2D eigenvalue weighted by Crippen LogP contribution is 2.26. The summed E-state index contributed by atoms with van der Waals surface area (Å²) >= 11 is 0. The molecule has 0 radical (unpaired) electrons. The van der Waals surface area contributed by atoms with Crippen LogP contribution in [0.4, 0.5) is 11.5 Å². The first-order chi connectivity index (χ1) is 11.3. The Hall–Kier alpha value is -3.23. The molecule has 2 heterocycles. The molecule has 24 heavy (non-hydrogen) atoms. The third-order valence-electron chi connectivity index (χ3n) is 3.59. The number of rotatable bonds is 5. The van der Waals surface area contributed by atoms with Gasteiger partial charge in [0.2, 0.25) is 5.82 Å². The number of hydrogen-bond acceptors (Lipinski definition) is 7. The van der Waals surface area contributed by atoms with Gasteiger partial charge in [-0.2, -0.15) is 0 Å². The Balaban J connectivity index is 2.63. The topological polar surface area (TPSA) is 116 Å². The largest absolute Gasteiger partial charge is 0.465 e. The summed E-state index contributed by atoms with van der Waals surface area (Å²) < 4.78 is 6.15. The summed E-state index contributed by atoms with van der Waals surface area (Å²) in [6.07, 6.45) is 1.40. The van der Waals surface area contributed by atoms with Gasteiger partial charge in [-0.15, -0.1) is 0 Å². The van der Waals surface area contributed by atoms with Crippen molar-refractivity contribution in [3.63, 3.8) is 0 Å². The normalized spacial score (nSPS) is 10.3. The van der Waals surface area contributed by atoms with Crippen molar-refractivity contribution in [3.05, 3.63) is 51.0 Å². The van der Waals surface area contributed by atoms with Gasteiger partial charge in [0.05, 0.1) is 28.9 Å². The molecule has 0 saturated heterocycles. The zero-order valence-corrected chi connectivity index (χ0v) is 13.6. The Morgan fingerprint density at radius 3 is 2.46 bits per heavy atom. The van der Waals surface area contributed by atoms with E-state index in [4.69, 9.17) is 4.74 Å². The zero-order chi connectivity index (χ0) is 18.0. The van der Waals surface area contributed by atoms with E-state index >= 15 is 0 Å². The fourth-order valence-corrected chi connectivity index (χ4v) is 2.52. The minimum absolute atomic E-state index is 0.00443. The lowest BCUT2D eigenvalue weighted by atomic mass is 10.1. The molecule has 2 aromatic rings. The molecule has 0 saturated carbocycles. The van der Waals surface area contributed by atoms with Gasteiger partial charge in [-0.05, 0) is 26.8 Å². The van der Waals surface area contributed by atoms with Gasteiger partial charge < -0.3 is 4.74 Å². The molecule has 0 fully saturated rings. The number of nitrogens with zero attached hydrogens (tertiary/aromatic N) is 3. The van der Waals surface area contributed by atoms with Crippen LogP contribution in [-0.4, -0.2) is 33.4 Å². The Labute approximate surface area is 137 Å². The molecule has 126 valence electrons. The quantitative estimate of drug-likeness (QED) is 0.386. The lowest BCUT2D eigenvalue weighted by Crippen LogP contribution is -2.15. The number of carbonyl (C=O) groups excluding carboxylic acids is 2. The minimum Gasteiger partial charge on any atom is -0.465 e. The van der Waals surface area contributed by atoms with E-state index in [2.05, 4.69) is 10.4 Å². The van der Waals surface area contributed by atoms with Crippen LogP contribution in [0.2, 0.25) is 0 Å². The Morgan fingerprint density at radius 2 is 1.92 bits per heavy atom. The van der Waals surface area contributed by atoms with Gasteiger partial charge in [0, 0.05) is 18.0 Å². The Bertz CT molecular complexity index is 841. The van der Waals surface area contributed by atoms with Crippen LogP contribution in [-0.2, 0) is 4.74 Å². The first kappa shape index (κ1) is 17.1. The van der Waals surface area contributed by atoms with Crippen LogP contribution >= 0.6 is 0 Å². The summed E-state index contributed by atoms with van der Waals surface area (Å²) in [6, 6.07) is 2.75. The molecule has 0 aromatic carbocycles. The van der Waals surface area contributed by atoms with E-state index in [1.165, 1.54) is 37.0 Å². The van der Waals surface area contributed by atoms with Gasteiger partial charge in [-0.1, -0.05) is 0 Å². The smallest absolute Gasteiger partial charge is 0.340 e. The molecule has 2 rings (SSSR count). The number of aromatic nitrogens is 2. The summed E-state index contributed by atoms with van der Waals surface area (Å²) in [5, 5.41) is 11.1. The molecule has 0 spiro atoms. The van der Waals surface area contributed by atoms with Gasteiger partial charge in [0.25, 0.3) is 0 Å². The summed E-state index contributed by atoms with van der Waals surface area (Å²) in [7, 11) is 1.22. The molecule has 0 aliphatic rings. The van der Waals surface area contributed by atoms with E-state index in [1.54, 1.807) is 13.8 Å². The lowest BCUT2D eigenvalue weighted by Gasteiger charge is -2.12. The second-order valence-electron chi connectivity index (χ2n) is 5.04. The van der Waals surface area contributed by atoms with Crippen molar-refractivity contribution in [2.75, 3.05) is 12.5 Å². The maximum Gasteiger partial charge on any atom is 0.340 e. The predicted molar refractivity (Wildman–Crippen MR) is 85.2 cm³/mol.